The molecule has 12 heteroatoms. The predicted molar refractivity (Wildman–Crippen MR) is 198 cm³/mol. The molecule has 1 aromatic heterocycles. The number of anilines is 5. The summed E-state index contributed by atoms with van der Waals surface area (Å²) in [5.41, 5.74) is 3.05. The molecule has 0 unspecified atom stereocenters. The van der Waals surface area contributed by atoms with Crippen LogP contribution in [0.4, 0.5) is 29.2 Å². The third-order valence-electron chi connectivity index (χ3n) is 7.77. The Morgan fingerprint density at radius 2 is 1.20 bits per heavy atom. The van der Waals surface area contributed by atoms with Gasteiger partial charge in [-0.2, -0.15) is 15.0 Å². The average Bonchev–Trinajstić information content (AvgIpc) is 3.14. The molecule has 0 saturated heterocycles. The van der Waals surface area contributed by atoms with Crippen LogP contribution < -0.4 is 21.3 Å². The fourth-order valence-electron chi connectivity index (χ4n) is 5.02. The molecule has 12 nitrogen and oxygen atoms in total. The van der Waals surface area contributed by atoms with Gasteiger partial charge in [0.05, 0.1) is 25.4 Å². The van der Waals surface area contributed by atoms with Gasteiger partial charge in [0.1, 0.15) is 5.75 Å². The Labute approximate surface area is 297 Å². The maximum atomic E-state index is 13.1. The molecule has 0 spiro atoms. The van der Waals surface area contributed by atoms with Gasteiger partial charge in [0.2, 0.25) is 17.8 Å². The number of aromatic hydroxyl groups is 1. The number of carbonyl (C=O) groups excluding carboxylic acids is 2. The van der Waals surface area contributed by atoms with E-state index in [-0.39, 0.29) is 29.3 Å². The fraction of sp³-hybridized carbons (Fsp3) is 0.256. The highest BCUT2D eigenvalue weighted by molar-refractivity contribution is 5.96. The first kappa shape index (κ1) is 36.4. The van der Waals surface area contributed by atoms with Crippen molar-refractivity contribution < 1.29 is 24.2 Å². The number of phenolic OH excluding ortho intramolecular Hbond substituents is 1. The van der Waals surface area contributed by atoms with Crippen molar-refractivity contribution in [2.45, 2.75) is 32.2 Å². The van der Waals surface area contributed by atoms with Crippen molar-refractivity contribution >= 4 is 40.9 Å². The number of rotatable bonds is 19. The van der Waals surface area contributed by atoms with Crippen LogP contribution in [0.3, 0.4) is 0 Å². The van der Waals surface area contributed by atoms with Crippen molar-refractivity contribution in [3.05, 3.63) is 126 Å². The number of hydrogen-bond donors (Lipinski definition) is 5. The van der Waals surface area contributed by atoms with Gasteiger partial charge in [-0.25, -0.2) is 0 Å². The molecule has 51 heavy (non-hydrogen) atoms. The lowest BCUT2D eigenvalue weighted by Crippen LogP contribution is -2.40. The first-order valence-electron chi connectivity index (χ1n) is 16.8. The summed E-state index contributed by atoms with van der Waals surface area (Å²) in [6.07, 6.45) is 1.09. The van der Waals surface area contributed by atoms with Gasteiger partial charge in [0, 0.05) is 42.1 Å². The molecule has 5 rings (SSSR count). The van der Waals surface area contributed by atoms with Crippen molar-refractivity contribution in [2.24, 2.45) is 0 Å². The number of nitrogens with zero attached hydrogens (tertiary/aromatic N) is 3. The zero-order chi connectivity index (χ0) is 35.9. The number of Topliss-reactive ketones (excluding diaryl/α,β-unsaturated/α-hetero) is 1. The summed E-state index contributed by atoms with van der Waals surface area (Å²) in [7, 11) is 0. The van der Waals surface area contributed by atoms with Gasteiger partial charge in [-0.15, -0.1) is 0 Å². The predicted octanol–water partition coefficient (Wildman–Crippen LogP) is 6.84. The lowest BCUT2D eigenvalue weighted by Gasteiger charge is -2.27. The van der Waals surface area contributed by atoms with Gasteiger partial charge in [-0.1, -0.05) is 60.7 Å². The number of carbonyl (C=O) groups is 2. The van der Waals surface area contributed by atoms with E-state index in [2.05, 4.69) is 36.2 Å². The summed E-state index contributed by atoms with van der Waals surface area (Å²) in [5.74, 6) is 0.935. The van der Waals surface area contributed by atoms with Gasteiger partial charge < -0.3 is 35.8 Å². The molecular weight excluding hydrogens is 646 g/mol. The largest absolute Gasteiger partial charge is 0.508 e. The number of ketones is 1. The Balaban J connectivity index is 1.11. The summed E-state index contributed by atoms with van der Waals surface area (Å²) in [6.45, 7) is 6.06. The highest BCUT2D eigenvalue weighted by Crippen LogP contribution is 2.23. The topological polar surface area (TPSA) is 160 Å². The van der Waals surface area contributed by atoms with Gasteiger partial charge in [0.25, 0.3) is 5.91 Å². The Bertz CT molecular complexity index is 1840. The average molecular weight is 690 g/mol. The molecule has 5 N–H and O–H groups in total. The maximum absolute atomic E-state index is 13.1. The van der Waals surface area contributed by atoms with Crippen LogP contribution in [-0.4, -0.2) is 64.7 Å². The number of hydrogen-bond acceptors (Lipinski definition) is 11. The third kappa shape index (κ3) is 11.6. The molecule has 264 valence electrons. The van der Waals surface area contributed by atoms with E-state index >= 15 is 0 Å². The molecule has 0 atom stereocenters. The highest BCUT2D eigenvalue weighted by atomic mass is 16.5. The van der Waals surface area contributed by atoms with Gasteiger partial charge >= 0.3 is 0 Å². The molecule has 0 aliphatic carbocycles. The SMILES string of the molecule is CC(C)(NC(=O)c1ccc(Nc2nc(NCCOCCOCCCC(=O)c3ccccc3)nc(Nc3ccc(O)cc3)n2)cc1)c1ccccc1. The zero-order valence-electron chi connectivity index (χ0n) is 28.8. The molecule has 0 aliphatic rings. The highest BCUT2D eigenvalue weighted by Gasteiger charge is 2.23. The first-order chi connectivity index (χ1) is 24.7. The number of amides is 1. The number of aromatic nitrogens is 3. The van der Waals surface area contributed by atoms with Crippen molar-refractivity contribution in [3.8, 4) is 5.75 Å². The molecule has 1 heterocycles. The second-order valence-electron chi connectivity index (χ2n) is 12.2. The van der Waals surface area contributed by atoms with E-state index in [1.165, 1.54) is 0 Å². The van der Waals surface area contributed by atoms with E-state index in [1.807, 2.05) is 74.5 Å². The van der Waals surface area contributed by atoms with Crippen LogP contribution in [0.5, 0.6) is 5.75 Å². The van der Waals surface area contributed by atoms with Crippen LogP contribution >= 0.6 is 0 Å². The van der Waals surface area contributed by atoms with E-state index in [0.29, 0.717) is 68.7 Å². The Hall–Kier alpha value is -5.85. The lowest BCUT2D eigenvalue weighted by atomic mass is 9.94. The minimum absolute atomic E-state index is 0.112. The quantitative estimate of drug-likeness (QED) is 0.0351. The maximum Gasteiger partial charge on any atom is 0.251 e. The van der Waals surface area contributed by atoms with Crippen molar-refractivity contribution in [1.82, 2.24) is 20.3 Å². The monoisotopic (exact) mass is 689 g/mol. The minimum Gasteiger partial charge on any atom is -0.508 e. The third-order valence-corrected chi connectivity index (χ3v) is 7.77. The summed E-state index contributed by atoms with van der Waals surface area (Å²) < 4.78 is 11.3. The van der Waals surface area contributed by atoms with Crippen LogP contribution in [0.1, 0.15) is 53.0 Å². The van der Waals surface area contributed by atoms with E-state index in [9.17, 15) is 14.7 Å². The standard InChI is InChI=1S/C39H43N7O5/c1-39(2,30-12-7-4-8-13-30)46-35(49)29-15-17-31(18-16-29)41-37-43-36(44-38(45-37)42-32-19-21-33(47)22-20-32)40-23-25-51-27-26-50-24-9-14-34(48)28-10-5-3-6-11-28/h3-8,10-13,15-22,47H,9,14,23-27H2,1-2H3,(H,46,49)(H3,40,41,42,43,44,45). The first-order valence-corrected chi connectivity index (χ1v) is 16.8. The van der Waals surface area contributed by atoms with Crippen LogP contribution in [-0.2, 0) is 15.0 Å². The van der Waals surface area contributed by atoms with Gasteiger partial charge in [-0.3, -0.25) is 9.59 Å². The molecular formula is C39H43N7O5. The van der Waals surface area contributed by atoms with E-state index < -0.39 is 5.54 Å². The fourth-order valence-corrected chi connectivity index (χ4v) is 5.02. The molecule has 0 radical (unpaired) electrons. The van der Waals surface area contributed by atoms with Crippen molar-refractivity contribution in [2.75, 3.05) is 48.9 Å². The van der Waals surface area contributed by atoms with Gasteiger partial charge in [-0.05, 0) is 74.4 Å². The van der Waals surface area contributed by atoms with Crippen LogP contribution in [0.15, 0.2) is 109 Å². The second-order valence-corrected chi connectivity index (χ2v) is 12.2. The Kier molecular flexibility index (Phi) is 13.0. The number of ether oxygens (including phenoxy) is 2. The van der Waals surface area contributed by atoms with Crippen LogP contribution in [0, 0.1) is 0 Å². The smallest absolute Gasteiger partial charge is 0.251 e. The zero-order valence-corrected chi connectivity index (χ0v) is 28.8. The minimum atomic E-state index is -0.547. The normalized spacial score (nSPS) is 11.1. The number of phenols is 1. The summed E-state index contributed by atoms with van der Waals surface area (Å²) >= 11 is 0. The summed E-state index contributed by atoms with van der Waals surface area (Å²) in [6, 6.07) is 32.6. The van der Waals surface area contributed by atoms with E-state index in [1.54, 1.807) is 48.5 Å². The Morgan fingerprint density at radius 1 is 0.647 bits per heavy atom. The van der Waals surface area contributed by atoms with E-state index in [4.69, 9.17) is 9.47 Å². The summed E-state index contributed by atoms with van der Waals surface area (Å²) in [4.78, 5) is 38.8. The van der Waals surface area contributed by atoms with Gasteiger partial charge in [0.15, 0.2) is 5.78 Å². The van der Waals surface area contributed by atoms with Crippen LogP contribution in [0.2, 0.25) is 0 Å². The van der Waals surface area contributed by atoms with Crippen LogP contribution in [0.25, 0.3) is 0 Å². The second kappa shape index (κ2) is 18.2. The number of nitrogens with one attached hydrogen (secondary N) is 4. The van der Waals surface area contributed by atoms with E-state index in [0.717, 1.165) is 11.1 Å². The molecule has 0 aliphatic heterocycles. The molecule has 4 aromatic carbocycles. The van der Waals surface area contributed by atoms with Crippen molar-refractivity contribution in [1.29, 1.82) is 0 Å². The molecule has 0 bridgehead atoms. The molecule has 0 saturated carbocycles. The Morgan fingerprint density at radius 3 is 1.82 bits per heavy atom. The molecule has 5 aromatic rings. The van der Waals surface area contributed by atoms with Crippen molar-refractivity contribution in [3.63, 3.8) is 0 Å². The summed E-state index contributed by atoms with van der Waals surface area (Å²) in [5, 5.41) is 22.2. The number of benzene rings is 4. The molecule has 1 amide bonds. The molecule has 0 fully saturated rings. The lowest BCUT2D eigenvalue weighted by molar-refractivity contribution is 0.0497.